The van der Waals surface area contributed by atoms with E-state index in [0.717, 1.165) is 0 Å². The van der Waals surface area contributed by atoms with Gasteiger partial charge in [0.2, 0.25) is 5.88 Å². The van der Waals surface area contributed by atoms with Gasteiger partial charge in [-0.05, 0) is 17.7 Å². The SMILES string of the molecule is COc1cc(OC)cc(C(O)c2nccnc2OC)c1. The average Bonchev–Trinajstić information content (AvgIpc) is 2.53. The number of benzene rings is 1. The zero-order valence-corrected chi connectivity index (χ0v) is 11.5. The Morgan fingerprint density at radius 1 is 0.900 bits per heavy atom. The maximum Gasteiger partial charge on any atom is 0.238 e. The van der Waals surface area contributed by atoms with Crippen molar-refractivity contribution in [3.8, 4) is 17.4 Å². The van der Waals surface area contributed by atoms with Gasteiger partial charge in [0.15, 0.2) is 0 Å². The third-order valence-electron chi connectivity index (χ3n) is 2.83. The molecule has 1 heterocycles. The van der Waals surface area contributed by atoms with Crippen LogP contribution in [-0.2, 0) is 0 Å². The van der Waals surface area contributed by atoms with Gasteiger partial charge in [-0.3, -0.25) is 4.98 Å². The van der Waals surface area contributed by atoms with Gasteiger partial charge < -0.3 is 19.3 Å². The molecule has 0 bridgehead atoms. The van der Waals surface area contributed by atoms with E-state index in [-0.39, 0.29) is 5.88 Å². The van der Waals surface area contributed by atoms with Crippen molar-refractivity contribution in [1.82, 2.24) is 9.97 Å². The van der Waals surface area contributed by atoms with Crippen molar-refractivity contribution in [2.24, 2.45) is 0 Å². The van der Waals surface area contributed by atoms with Gasteiger partial charge in [-0.25, -0.2) is 4.98 Å². The van der Waals surface area contributed by atoms with E-state index < -0.39 is 6.10 Å². The van der Waals surface area contributed by atoms with Crippen LogP contribution in [0.1, 0.15) is 17.4 Å². The molecule has 0 fully saturated rings. The Morgan fingerprint density at radius 3 is 2.05 bits per heavy atom. The molecule has 2 rings (SSSR count). The first-order valence-corrected chi connectivity index (χ1v) is 5.95. The number of aliphatic hydroxyl groups excluding tert-OH is 1. The molecule has 1 unspecified atom stereocenters. The Balaban J connectivity index is 2.44. The summed E-state index contributed by atoms with van der Waals surface area (Å²) in [4.78, 5) is 8.14. The summed E-state index contributed by atoms with van der Waals surface area (Å²) >= 11 is 0. The molecule has 0 aliphatic heterocycles. The van der Waals surface area contributed by atoms with E-state index in [4.69, 9.17) is 14.2 Å². The van der Waals surface area contributed by atoms with Gasteiger partial charge in [-0.1, -0.05) is 0 Å². The molecule has 106 valence electrons. The van der Waals surface area contributed by atoms with Gasteiger partial charge >= 0.3 is 0 Å². The minimum atomic E-state index is -0.984. The summed E-state index contributed by atoms with van der Waals surface area (Å²) in [6.07, 6.45) is 2.02. The minimum Gasteiger partial charge on any atom is -0.497 e. The molecule has 20 heavy (non-hydrogen) atoms. The highest BCUT2D eigenvalue weighted by Crippen LogP contribution is 2.31. The quantitative estimate of drug-likeness (QED) is 0.894. The summed E-state index contributed by atoms with van der Waals surface area (Å²) in [6.45, 7) is 0. The fraction of sp³-hybridized carbons (Fsp3) is 0.286. The highest BCUT2D eigenvalue weighted by Gasteiger charge is 2.19. The normalized spacial score (nSPS) is 11.8. The fourth-order valence-corrected chi connectivity index (χ4v) is 1.83. The van der Waals surface area contributed by atoms with E-state index >= 15 is 0 Å². The smallest absolute Gasteiger partial charge is 0.238 e. The third-order valence-corrected chi connectivity index (χ3v) is 2.83. The predicted molar refractivity (Wildman–Crippen MR) is 72.2 cm³/mol. The molecule has 0 aliphatic carbocycles. The van der Waals surface area contributed by atoms with Crippen LogP contribution in [0, 0.1) is 0 Å². The Kier molecular flexibility index (Phi) is 4.37. The van der Waals surface area contributed by atoms with Gasteiger partial charge in [-0.2, -0.15) is 0 Å². The van der Waals surface area contributed by atoms with E-state index in [1.54, 1.807) is 32.4 Å². The first-order chi connectivity index (χ1) is 9.69. The highest BCUT2D eigenvalue weighted by atomic mass is 16.5. The predicted octanol–water partition coefficient (Wildman–Crippen LogP) is 1.58. The van der Waals surface area contributed by atoms with E-state index in [0.29, 0.717) is 22.8 Å². The maximum absolute atomic E-state index is 10.5. The Hall–Kier alpha value is -2.34. The maximum atomic E-state index is 10.5. The van der Waals surface area contributed by atoms with E-state index in [9.17, 15) is 5.11 Å². The summed E-state index contributed by atoms with van der Waals surface area (Å²) in [5, 5.41) is 10.5. The van der Waals surface area contributed by atoms with Gasteiger partial charge in [0.1, 0.15) is 23.3 Å². The number of methoxy groups -OCH3 is 3. The molecule has 1 atom stereocenters. The first kappa shape index (κ1) is 14.1. The lowest BCUT2D eigenvalue weighted by Gasteiger charge is -2.15. The fourth-order valence-electron chi connectivity index (χ4n) is 1.83. The Morgan fingerprint density at radius 2 is 1.50 bits per heavy atom. The van der Waals surface area contributed by atoms with E-state index in [1.807, 2.05) is 0 Å². The molecule has 0 saturated heterocycles. The summed E-state index contributed by atoms with van der Waals surface area (Å²) in [5.74, 6) is 1.45. The third kappa shape index (κ3) is 2.80. The van der Waals surface area contributed by atoms with Crippen molar-refractivity contribution in [1.29, 1.82) is 0 Å². The zero-order chi connectivity index (χ0) is 14.5. The molecule has 0 amide bonds. The van der Waals surface area contributed by atoms with Crippen LogP contribution in [0.5, 0.6) is 17.4 Å². The largest absolute Gasteiger partial charge is 0.497 e. The zero-order valence-electron chi connectivity index (χ0n) is 11.5. The minimum absolute atomic E-state index is 0.279. The van der Waals surface area contributed by atoms with Crippen LogP contribution >= 0.6 is 0 Å². The van der Waals surface area contributed by atoms with Crippen LogP contribution in [0.2, 0.25) is 0 Å². The van der Waals surface area contributed by atoms with Crippen LogP contribution in [0.15, 0.2) is 30.6 Å². The standard InChI is InChI=1S/C14H16N2O4/c1-18-10-6-9(7-11(8-10)19-2)13(17)12-14(20-3)16-5-4-15-12/h4-8,13,17H,1-3H3. The lowest BCUT2D eigenvalue weighted by Crippen LogP contribution is -2.06. The first-order valence-electron chi connectivity index (χ1n) is 5.95. The molecule has 1 aromatic heterocycles. The van der Waals surface area contributed by atoms with Crippen molar-refractivity contribution in [3.63, 3.8) is 0 Å². The highest BCUT2D eigenvalue weighted by molar-refractivity contribution is 5.42. The van der Waals surface area contributed by atoms with Crippen LogP contribution in [0.25, 0.3) is 0 Å². The Bertz CT molecular complexity index is 567. The molecule has 0 aliphatic rings. The molecule has 0 spiro atoms. The monoisotopic (exact) mass is 276 g/mol. The summed E-state index contributed by atoms with van der Waals surface area (Å²) in [6, 6.07) is 5.15. The average molecular weight is 276 g/mol. The number of hydrogen-bond acceptors (Lipinski definition) is 6. The summed E-state index contributed by atoms with van der Waals surface area (Å²) in [7, 11) is 4.58. The molecule has 0 radical (unpaired) electrons. The van der Waals surface area contributed by atoms with E-state index in [2.05, 4.69) is 9.97 Å². The summed E-state index contributed by atoms with van der Waals surface area (Å²) in [5.41, 5.74) is 0.922. The molecular weight excluding hydrogens is 260 g/mol. The number of ether oxygens (including phenoxy) is 3. The van der Waals surface area contributed by atoms with Crippen LogP contribution in [0.4, 0.5) is 0 Å². The van der Waals surface area contributed by atoms with Crippen molar-refractivity contribution >= 4 is 0 Å². The van der Waals surface area contributed by atoms with Crippen LogP contribution < -0.4 is 14.2 Å². The second-order valence-electron chi connectivity index (χ2n) is 4.00. The summed E-state index contributed by atoms with van der Waals surface area (Å²) < 4.78 is 15.5. The van der Waals surface area contributed by atoms with Crippen molar-refractivity contribution in [2.45, 2.75) is 6.10 Å². The van der Waals surface area contributed by atoms with Crippen molar-refractivity contribution in [3.05, 3.63) is 41.9 Å². The lowest BCUT2D eigenvalue weighted by molar-refractivity contribution is 0.206. The van der Waals surface area contributed by atoms with Gasteiger partial charge in [0.25, 0.3) is 0 Å². The Labute approximate surface area is 117 Å². The van der Waals surface area contributed by atoms with Crippen LogP contribution in [-0.4, -0.2) is 36.4 Å². The lowest BCUT2D eigenvalue weighted by atomic mass is 10.1. The van der Waals surface area contributed by atoms with E-state index in [1.165, 1.54) is 19.5 Å². The molecule has 1 N–H and O–H groups in total. The molecule has 0 saturated carbocycles. The molecular formula is C14H16N2O4. The number of hydrogen-bond donors (Lipinski definition) is 1. The van der Waals surface area contributed by atoms with Crippen molar-refractivity contribution in [2.75, 3.05) is 21.3 Å². The van der Waals surface area contributed by atoms with Gasteiger partial charge in [0, 0.05) is 18.5 Å². The topological polar surface area (TPSA) is 73.7 Å². The van der Waals surface area contributed by atoms with Crippen LogP contribution in [0.3, 0.4) is 0 Å². The molecule has 2 aromatic rings. The second kappa shape index (κ2) is 6.21. The van der Waals surface area contributed by atoms with Gasteiger partial charge in [-0.15, -0.1) is 0 Å². The second-order valence-corrected chi connectivity index (χ2v) is 4.00. The van der Waals surface area contributed by atoms with Gasteiger partial charge in [0.05, 0.1) is 21.3 Å². The number of aliphatic hydroxyl groups is 1. The molecule has 6 heteroatoms. The van der Waals surface area contributed by atoms with Crippen molar-refractivity contribution < 1.29 is 19.3 Å². The molecule has 6 nitrogen and oxygen atoms in total. The molecule has 1 aromatic carbocycles. The number of aromatic nitrogens is 2. The number of nitrogens with zero attached hydrogens (tertiary/aromatic N) is 2. The number of rotatable bonds is 5.